The third-order valence-electron chi connectivity index (χ3n) is 4.50. The molecular weight excluding hydrogens is 350 g/mol. The maximum Gasteiger partial charge on any atom is 0.255 e. The molecule has 4 rings (SSSR count). The summed E-state index contributed by atoms with van der Waals surface area (Å²) >= 11 is 6.14. The first-order chi connectivity index (χ1) is 12.7. The van der Waals surface area contributed by atoms with Gasteiger partial charge in [0.2, 0.25) is 0 Å². The van der Waals surface area contributed by atoms with Gasteiger partial charge in [0.25, 0.3) is 5.91 Å². The fraction of sp³-hybridized carbons (Fsp3) is 0.211. The molecule has 0 aliphatic carbocycles. The number of benzene rings is 1. The number of carbonyl (C=O) groups excluding carboxylic acids is 1. The lowest BCUT2D eigenvalue weighted by atomic mass is 10.2. The van der Waals surface area contributed by atoms with Crippen molar-refractivity contribution in [2.45, 2.75) is 0 Å². The van der Waals surface area contributed by atoms with Crippen molar-refractivity contribution >= 4 is 23.3 Å². The van der Waals surface area contributed by atoms with Crippen molar-refractivity contribution in [3.8, 4) is 5.82 Å². The zero-order valence-corrected chi connectivity index (χ0v) is 14.9. The minimum Gasteiger partial charge on any atom is -0.352 e. The topological polar surface area (TPSA) is 54.3 Å². The lowest BCUT2D eigenvalue weighted by molar-refractivity contribution is 0.0746. The summed E-state index contributed by atoms with van der Waals surface area (Å²) in [5.41, 5.74) is 0.554. The summed E-state index contributed by atoms with van der Waals surface area (Å²) in [6.07, 6.45) is 3.87. The highest BCUT2D eigenvalue weighted by atomic mass is 35.5. The maximum absolute atomic E-state index is 12.6. The number of amides is 1. The fourth-order valence-corrected chi connectivity index (χ4v) is 3.27. The molecule has 1 aliphatic rings. The van der Waals surface area contributed by atoms with Crippen LogP contribution in [-0.2, 0) is 0 Å². The monoisotopic (exact) mass is 367 g/mol. The smallest absolute Gasteiger partial charge is 0.255 e. The summed E-state index contributed by atoms with van der Waals surface area (Å²) in [4.78, 5) is 16.6. The Kier molecular flexibility index (Phi) is 4.58. The summed E-state index contributed by atoms with van der Waals surface area (Å²) in [6, 6.07) is 15.0. The summed E-state index contributed by atoms with van der Waals surface area (Å²) in [7, 11) is 0. The minimum atomic E-state index is -0.0238. The Hall–Kier alpha value is -2.86. The first-order valence-corrected chi connectivity index (χ1v) is 8.86. The van der Waals surface area contributed by atoms with Gasteiger partial charge in [0.05, 0.1) is 10.6 Å². The normalized spacial score (nSPS) is 14.5. The number of anilines is 1. The van der Waals surface area contributed by atoms with Crippen LogP contribution < -0.4 is 4.90 Å². The lowest BCUT2D eigenvalue weighted by Crippen LogP contribution is -2.49. The molecule has 3 aromatic rings. The quantitative estimate of drug-likeness (QED) is 0.714. The van der Waals surface area contributed by atoms with E-state index in [1.807, 2.05) is 58.3 Å². The van der Waals surface area contributed by atoms with Gasteiger partial charge in [-0.2, -0.15) is 0 Å². The predicted octanol–water partition coefficient (Wildman–Crippen LogP) is 2.88. The Morgan fingerprint density at radius 2 is 1.50 bits per heavy atom. The first kappa shape index (κ1) is 16.6. The average Bonchev–Trinajstić information content (AvgIpc) is 3.23. The van der Waals surface area contributed by atoms with Crippen LogP contribution >= 0.6 is 11.6 Å². The maximum atomic E-state index is 12.6. The molecule has 132 valence electrons. The zero-order valence-electron chi connectivity index (χ0n) is 14.1. The van der Waals surface area contributed by atoms with E-state index in [1.165, 1.54) is 0 Å². The van der Waals surface area contributed by atoms with Crippen LogP contribution in [0.15, 0.2) is 60.9 Å². The molecule has 26 heavy (non-hydrogen) atoms. The van der Waals surface area contributed by atoms with E-state index in [0.717, 1.165) is 11.6 Å². The predicted molar refractivity (Wildman–Crippen MR) is 101 cm³/mol. The van der Waals surface area contributed by atoms with E-state index in [4.69, 9.17) is 11.6 Å². The molecule has 0 saturated carbocycles. The molecular formula is C19H18ClN5O. The second-order valence-corrected chi connectivity index (χ2v) is 6.51. The molecule has 0 atom stereocenters. The number of aromatic nitrogens is 3. The standard InChI is InChI=1S/C19H18ClN5O/c20-16-6-2-1-5-15(16)19(26)25-13-11-24(12-14-25)18-8-7-17(21-22-18)23-9-3-4-10-23/h1-10H,11-14H2. The average molecular weight is 368 g/mol. The van der Waals surface area contributed by atoms with Gasteiger partial charge in [-0.15, -0.1) is 10.2 Å². The van der Waals surface area contributed by atoms with Crippen molar-refractivity contribution in [2.75, 3.05) is 31.1 Å². The summed E-state index contributed by atoms with van der Waals surface area (Å²) in [6.45, 7) is 2.69. The molecule has 0 unspecified atom stereocenters. The number of carbonyl (C=O) groups is 1. The Labute approximate surface area is 156 Å². The lowest BCUT2D eigenvalue weighted by Gasteiger charge is -2.35. The second-order valence-electron chi connectivity index (χ2n) is 6.10. The number of hydrogen-bond acceptors (Lipinski definition) is 4. The van der Waals surface area contributed by atoms with Crippen molar-refractivity contribution in [2.24, 2.45) is 0 Å². The van der Waals surface area contributed by atoms with Crippen LogP contribution in [0.4, 0.5) is 5.82 Å². The van der Waals surface area contributed by atoms with Gasteiger partial charge in [0.15, 0.2) is 11.6 Å². The number of halogens is 1. The molecule has 2 aromatic heterocycles. The Balaban J connectivity index is 1.40. The number of piperazine rings is 1. The van der Waals surface area contributed by atoms with Crippen LogP contribution in [0.2, 0.25) is 5.02 Å². The van der Waals surface area contributed by atoms with Gasteiger partial charge in [-0.1, -0.05) is 23.7 Å². The van der Waals surface area contributed by atoms with E-state index in [1.54, 1.807) is 12.1 Å². The van der Waals surface area contributed by atoms with E-state index >= 15 is 0 Å². The number of hydrogen-bond donors (Lipinski definition) is 0. The van der Waals surface area contributed by atoms with Gasteiger partial charge in [0.1, 0.15) is 0 Å². The van der Waals surface area contributed by atoms with Crippen LogP contribution in [0.1, 0.15) is 10.4 Å². The molecule has 1 saturated heterocycles. The van der Waals surface area contributed by atoms with E-state index in [-0.39, 0.29) is 5.91 Å². The van der Waals surface area contributed by atoms with E-state index in [9.17, 15) is 4.79 Å². The van der Waals surface area contributed by atoms with E-state index in [0.29, 0.717) is 36.8 Å². The van der Waals surface area contributed by atoms with Gasteiger partial charge >= 0.3 is 0 Å². The number of nitrogens with zero attached hydrogens (tertiary/aromatic N) is 5. The van der Waals surface area contributed by atoms with Crippen molar-refractivity contribution in [1.29, 1.82) is 0 Å². The summed E-state index contributed by atoms with van der Waals surface area (Å²) in [5, 5.41) is 9.11. The van der Waals surface area contributed by atoms with Gasteiger partial charge in [0, 0.05) is 38.6 Å². The molecule has 0 N–H and O–H groups in total. The third kappa shape index (κ3) is 3.28. The molecule has 1 fully saturated rings. The van der Waals surface area contributed by atoms with Crippen LogP contribution in [0, 0.1) is 0 Å². The van der Waals surface area contributed by atoms with Gasteiger partial charge < -0.3 is 14.4 Å². The minimum absolute atomic E-state index is 0.0238. The number of rotatable bonds is 3. The molecule has 0 radical (unpaired) electrons. The SMILES string of the molecule is O=C(c1ccccc1Cl)N1CCN(c2ccc(-n3cccc3)nn2)CC1. The molecule has 3 heterocycles. The van der Waals surface area contributed by atoms with Gasteiger partial charge in [-0.05, 0) is 36.4 Å². The molecule has 6 nitrogen and oxygen atoms in total. The molecule has 1 amide bonds. The van der Waals surface area contributed by atoms with Crippen LogP contribution in [-0.4, -0.2) is 51.8 Å². The molecule has 0 bridgehead atoms. The zero-order chi connectivity index (χ0) is 17.9. The summed E-state index contributed by atoms with van der Waals surface area (Å²) in [5.74, 6) is 1.58. The second kappa shape index (κ2) is 7.17. The van der Waals surface area contributed by atoms with E-state index in [2.05, 4.69) is 15.1 Å². The molecule has 1 aromatic carbocycles. The van der Waals surface area contributed by atoms with Gasteiger partial charge in [-0.25, -0.2) is 0 Å². The van der Waals surface area contributed by atoms with Gasteiger partial charge in [-0.3, -0.25) is 4.79 Å². The first-order valence-electron chi connectivity index (χ1n) is 8.48. The highest BCUT2D eigenvalue weighted by Crippen LogP contribution is 2.19. The van der Waals surface area contributed by atoms with Crippen molar-refractivity contribution in [3.63, 3.8) is 0 Å². The van der Waals surface area contributed by atoms with Crippen LogP contribution in [0.3, 0.4) is 0 Å². The van der Waals surface area contributed by atoms with Crippen molar-refractivity contribution in [1.82, 2.24) is 19.7 Å². The van der Waals surface area contributed by atoms with E-state index < -0.39 is 0 Å². The largest absolute Gasteiger partial charge is 0.352 e. The van der Waals surface area contributed by atoms with Crippen LogP contribution in [0.25, 0.3) is 5.82 Å². The Morgan fingerprint density at radius 1 is 0.846 bits per heavy atom. The third-order valence-corrected chi connectivity index (χ3v) is 4.83. The fourth-order valence-electron chi connectivity index (χ4n) is 3.06. The van der Waals surface area contributed by atoms with Crippen molar-refractivity contribution < 1.29 is 4.79 Å². The molecule has 1 aliphatic heterocycles. The van der Waals surface area contributed by atoms with Crippen molar-refractivity contribution in [3.05, 3.63) is 71.5 Å². The molecule has 0 spiro atoms. The Morgan fingerprint density at radius 3 is 2.15 bits per heavy atom. The van der Waals surface area contributed by atoms with Crippen LogP contribution in [0.5, 0.6) is 0 Å². The highest BCUT2D eigenvalue weighted by Gasteiger charge is 2.24. The highest BCUT2D eigenvalue weighted by molar-refractivity contribution is 6.33. The summed E-state index contributed by atoms with van der Waals surface area (Å²) < 4.78 is 1.91. The Bertz CT molecular complexity index is 887. The molecule has 7 heteroatoms.